The van der Waals surface area contributed by atoms with E-state index in [0.717, 1.165) is 6.42 Å². The van der Waals surface area contributed by atoms with E-state index in [-0.39, 0.29) is 17.4 Å². The zero-order chi connectivity index (χ0) is 14.3. The highest BCUT2D eigenvalue weighted by Gasteiger charge is 2.17. The van der Waals surface area contributed by atoms with Gasteiger partial charge in [0.05, 0.1) is 4.90 Å². The Morgan fingerprint density at radius 2 is 2.05 bits per heavy atom. The van der Waals surface area contributed by atoms with Crippen molar-refractivity contribution in [3.05, 3.63) is 29.8 Å². The molecule has 0 aromatic heterocycles. The molecule has 1 aromatic carbocycles. The smallest absolute Gasteiger partial charge is 0.241 e. The molecule has 0 saturated carbocycles. The highest BCUT2D eigenvalue weighted by Crippen LogP contribution is 2.14. The van der Waals surface area contributed by atoms with Crippen LogP contribution in [-0.4, -0.2) is 26.7 Å². The van der Waals surface area contributed by atoms with Crippen molar-refractivity contribution in [2.75, 3.05) is 13.2 Å². The van der Waals surface area contributed by atoms with Crippen LogP contribution in [0.3, 0.4) is 0 Å². The molecule has 0 aliphatic rings. The van der Waals surface area contributed by atoms with Gasteiger partial charge in [0.1, 0.15) is 6.61 Å². The van der Waals surface area contributed by atoms with E-state index >= 15 is 0 Å². The van der Waals surface area contributed by atoms with Gasteiger partial charge >= 0.3 is 0 Å². The van der Waals surface area contributed by atoms with Crippen LogP contribution < -0.4 is 4.72 Å². The molecule has 0 fully saturated rings. The summed E-state index contributed by atoms with van der Waals surface area (Å²) in [6, 6.07) is 6.51. The Balaban J connectivity index is 3.01. The minimum absolute atomic E-state index is 0.152. The van der Waals surface area contributed by atoms with Crippen molar-refractivity contribution in [3.63, 3.8) is 0 Å². The minimum Gasteiger partial charge on any atom is -0.384 e. The molecule has 0 aliphatic heterocycles. The molecule has 1 rings (SSSR count). The zero-order valence-corrected chi connectivity index (χ0v) is 12.0. The summed E-state index contributed by atoms with van der Waals surface area (Å²) in [5.41, 5.74) is 0.396. The fourth-order valence-electron chi connectivity index (χ4n) is 1.41. The van der Waals surface area contributed by atoms with E-state index in [4.69, 9.17) is 5.11 Å². The molecule has 5 heteroatoms. The van der Waals surface area contributed by atoms with Gasteiger partial charge in [-0.05, 0) is 18.1 Å². The molecule has 2 N–H and O–H groups in total. The topological polar surface area (TPSA) is 66.4 Å². The van der Waals surface area contributed by atoms with E-state index in [1.54, 1.807) is 18.2 Å². The van der Waals surface area contributed by atoms with Crippen LogP contribution in [0.5, 0.6) is 0 Å². The maximum Gasteiger partial charge on any atom is 0.241 e. The lowest BCUT2D eigenvalue weighted by Gasteiger charge is -2.11. The summed E-state index contributed by atoms with van der Waals surface area (Å²) in [4.78, 5) is 0.152. The van der Waals surface area contributed by atoms with Gasteiger partial charge in [0.15, 0.2) is 0 Å². The van der Waals surface area contributed by atoms with Gasteiger partial charge in [-0.25, -0.2) is 13.1 Å². The zero-order valence-electron chi connectivity index (χ0n) is 11.2. The fraction of sp³-hybridized carbons (Fsp3) is 0.429. The molecule has 0 heterocycles. The molecular formula is C14H19NO3S. The predicted molar refractivity (Wildman–Crippen MR) is 75.0 cm³/mol. The number of hydrogen-bond donors (Lipinski definition) is 2. The van der Waals surface area contributed by atoms with Crippen molar-refractivity contribution < 1.29 is 13.5 Å². The standard InChI is InChI=1S/C14H19NO3S/c1-3-12(2)11-15-19(17,18)14-9-5-4-7-13(14)8-6-10-16/h4-5,7,9,12,15-16H,3,10-11H2,1-2H3. The number of aliphatic hydroxyl groups excluding tert-OH is 1. The number of nitrogens with one attached hydrogen (secondary N) is 1. The van der Waals surface area contributed by atoms with E-state index in [9.17, 15) is 8.42 Å². The second-order valence-electron chi connectivity index (χ2n) is 4.32. The van der Waals surface area contributed by atoms with Crippen LogP contribution in [0.1, 0.15) is 25.8 Å². The number of hydrogen-bond acceptors (Lipinski definition) is 3. The molecule has 19 heavy (non-hydrogen) atoms. The van der Waals surface area contributed by atoms with Crippen LogP contribution in [0.2, 0.25) is 0 Å². The summed E-state index contributed by atoms with van der Waals surface area (Å²) in [6.07, 6.45) is 0.911. The van der Waals surface area contributed by atoms with Crippen molar-refractivity contribution in [2.24, 2.45) is 5.92 Å². The van der Waals surface area contributed by atoms with Crippen molar-refractivity contribution in [1.82, 2.24) is 4.72 Å². The van der Waals surface area contributed by atoms with Crippen molar-refractivity contribution in [1.29, 1.82) is 0 Å². The summed E-state index contributed by atoms with van der Waals surface area (Å²) in [6.45, 7) is 4.11. The Hall–Kier alpha value is -1.35. The Bertz CT molecular complexity index is 570. The third-order valence-corrected chi connectivity index (χ3v) is 4.28. The van der Waals surface area contributed by atoms with Crippen LogP contribution in [0.25, 0.3) is 0 Å². The van der Waals surface area contributed by atoms with E-state index in [1.807, 2.05) is 13.8 Å². The highest BCUT2D eigenvalue weighted by molar-refractivity contribution is 7.89. The SMILES string of the molecule is CCC(C)CNS(=O)(=O)c1ccccc1C#CCO. The lowest BCUT2D eigenvalue weighted by Crippen LogP contribution is -2.28. The molecule has 1 unspecified atom stereocenters. The third kappa shape index (κ3) is 4.67. The van der Waals surface area contributed by atoms with Crippen molar-refractivity contribution in [3.8, 4) is 11.8 Å². The second-order valence-corrected chi connectivity index (χ2v) is 6.06. The predicted octanol–water partition coefficient (Wildman–Crippen LogP) is 1.35. The minimum atomic E-state index is -3.56. The summed E-state index contributed by atoms with van der Waals surface area (Å²) in [7, 11) is -3.56. The lowest BCUT2D eigenvalue weighted by molar-refractivity contribution is 0.350. The normalized spacial score (nSPS) is 12.6. The largest absolute Gasteiger partial charge is 0.384 e. The molecule has 0 bridgehead atoms. The van der Waals surface area contributed by atoms with E-state index in [0.29, 0.717) is 12.1 Å². The summed E-state index contributed by atoms with van der Waals surface area (Å²) >= 11 is 0. The first-order chi connectivity index (χ1) is 9.01. The van der Waals surface area contributed by atoms with Crippen LogP contribution in [0.4, 0.5) is 0 Å². The average molecular weight is 281 g/mol. The maximum atomic E-state index is 12.2. The summed E-state index contributed by atoms with van der Waals surface area (Å²) in [5.74, 6) is 5.40. The summed E-state index contributed by atoms with van der Waals surface area (Å²) in [5, 5.41) is 8.69. The first-order valence-corrected chi connectivity index (χ1v) is 7.68. The molecule has 1 aromatic rings. The molecule has 0 amide bonds. The van der Waals surface area contributed by atoms with E-state index < -0.39 is 10.0 Å². The molecule has 4 nitrogen and oxygen atoms in total. The molecule has 0 saturated heterocycles. The fourth-order valence-corrected chi connectivity index (χ4v) is 2.74. The first kappa shape index (κ1) is 15.7. The maximum absolute atomic E-state index is 12.2. The molecule has 0 aliphatic carbocycles. The third-order valence-electron chi connectivity index (χ3n) is 2.80. The average Bonchev–Trinajstić information content (AvgIpc) is 2.42. The van der Waals surface area contributed by atoms with Crippen molar-refractivity contribution in [2.45, 2.75) is 25.2 Å². The number of sulfonamides is 1. The molecule has 0 radical (unpaired) electrons. The van der Waals surface area contributed by atoms with Gasteiger partial charge in [-0.2, -0.15) is 0 Å². The van der Waals surface area contributed by atoms with E-state index in [2.05, 4.69) is 16.6 Å². The van der Waals surface area contributed by atoms with Gasteiger partial charge in [-0.15, -0.1) is 0 Å². The molecular weight excluding hydrogens is 262 g/mol. The van der Waals surface area contributed by atoms with Gasteiger partial charge in [0.2, 0.25) is 10.0 Å². The van der Waals surface area contributed by atoms with Gasteiger partial charge in [0.25, 0.3) is 0 Å². The monoisotopic (exact) mass is 281 g/mol. The Kier molecular flexibility index (Phi) is 6.03. The van der Waals surface area contributed by atoms with Gasteiger partial charge in [-0.1, -0.05) is 44.2 Å². The Labute approximate surface area is 114 Å². The van der Waals surface area contributed by atoms with Gasteiger partial charge in [0, 0.05) is 12.1 Å². The Morgan fingerprint density at radius 3 is 2.68 bits per heavy atom. The molecule has 1 atom stereocenters. The lowest BCUT2D eigenvalue weighted by atomic mass is 10.1. The van der Waals surface area contributed by atoms with Crippen LogP contribution in [0, 0.1) is 17.8 Å². The first-order valence-electron chi connectivity index (χ1n) is 6.19. The molecule has 0 spiro atoms. The second kappa shape index (κ2) is 7.29. The number of aliphatic hydroxyl groups is 1. The number of benzene rings is 1. The van der Waals surface area contributed by atoms with Gasteiger partial charge < -0.3 is 5.11 Å². The number of rotatable bonds is 5. The molecule has 104 valence electrons. The van der Waals surface area contributed by atoms with Gasteiger partial charge in [-0.3, -0.25) is 0 Å². The quantitative estimate of drug-likeness (QED) is 0.801. The summed E-state index contributed by atoms with van der Waals surface area (Å²) < 4.78 is 27.0. The van der Waals surface area contributed by atoms with Crippen LogP contribution in [0.15, 0.2) is 29.2 Å². The van der Waals surface area contributed by atoms with Crippen molar-refractivity contribution >= 4 is 10.0 Å². The van der Waals surface area contributed by atoms with Crippen LogP contribution in [-0.2, 0) is 10.0 Å². The highest BCUT2D eigenvalue weighted by atomic mass is 32.2. The Morgan fingerprint density at radius 1 is 1.37 bits per heavy atom. The van der Waals surface area contributed by atoms with Crippen LogP contribution >= 0.6 is 0 Å². The van der Waals surface area contributed by atoms with E-state index in [1.165, 1.54) is 6.07 Å².